The SMILES string of the molecule is CCCCCCc1ccno1. The van der Waals surface area contributed by atoms with Gasteiger partial charge in [0.2, 0.25) is 0 Å². The van der Waals surface area contributed by atoms with Crippen molar-refractivity contribution in [3.63, 3.8) is 0 Å². The van der Waals surface area contributed by atoms with Crippen LogP contribution in [0.15, 0.2) is 16.8 Å². The van der Waals surface area contributed by atoms with E-state index in [-0.39, 0.29) is 0 Å². The Morgan fingerprint density at radius 1 is 1.36 bits per heavy atom. The smallest absolute Gasteiger partial charge is 0.136 e. The standard InChI is InChI=1S/C9H15NO/c1-2-3-4-5-6-9-7-8-10-11-9/h7-8H,2-6H2,1H3. The van der Waals surface area contributed by atoms with Crippen molar-refractivity contribution in [3.8, 4) is 0 Å². The Balaban J connectivity index is 2.04. The highest BCUT2D eigenvalue weighted by Gasteiger charge is 1.95. The van der Waals surface area contributed by atoms with Gasteiger partial charge >= 0.3 is 0 Å². The first kappa shape index (κ1) is 8.31. The largest absolute Gasteiger partial charge is 0.361 e. The average Bonchev–Trinajstić information content (AvgIpc) is 2.50. The monoisotopic (exact) mass is 153 g/mol. The number of hydrogen-bond acceptors (Lipinski definition) is 2. The molecule has 0 bridgehead atoms. The van der Waals surface area contributed by atoms with Crippen LogP contribution in [0, 0.1) is 0 Å². The quantitative estimate of drug-likeness (QED) is 0.608. The topological polar surface area (TPSA) is 26.0 Å². The van der Waals surface area contributed by atoms with Crippen molar-refractivity contribution in [3.05, 3.63) is 18.0 Å². The molecule has 0 aliphatic carbocycles. The van der Waals surface area contributed by atoms with E-state index < -0.39 is 0 Å². The molecule has 0 unspecified atom stereocenters. The molecule has 0 amide bonds. The first-order valence-corrected chi connectivity index (χ1v) is 4.33. The predicted octanol–water partition coefficient (Wildman–Crippen LogP) is 2.80. The van der Waals surface area contributed by atoms with Crippen molar-refractivity contribution in [2.75, 3.05) is 0 Å². The molecule has 0 aliphatic rings. The van der Waals surface area contributed by atoms with Crippen LogP contribution in [-0.4, -0.2) is 5.16 Å². The van der Waals surface area contributed by atoms with Gasteiger partial charge in [0.25, 0.3) is 0 Å². The van der Waals surface area contributed by atoms with Crippen molar-refractivity contribution < 1.29 is 4.52 Å². The Labute approximate surface area is 67.6 Å². The molecule has 1 rings (SSSR count). The maximum absolute atomic E-state index is 4.96. The van der Waals surface area contributed by atoms with Crippen LogP contribution in [0.4, 0.5) is 0 Å². The summed E-state index contributed by atoms with van der Waals surface area (Å²) in [6.45, 7) is 2.22. The average molecular weight is 153 g/mol. The summed E-state index contributed by atoms with van der Waals surface area (Å²) in [5.41, 5.74) is 0. The van der Waals surface area contributed by atoms with Crippen molar-refractivity contribution in [2.45, 2.75) is 39.0 Å². The van der Waals surface area contributed by atoms with Crippen molar-refractivity contribution >= 4 is 0 Å². The zero-order chi connectivity index (χ0) is 7.94. The number of hydrogen-bond donors (Lipinski definition) is 0. The molecule has 11 heavy (non-hydrogen) atoms. The molecule has 0 N–H and O–H groups in total. The molecule has 0 atom stereocenters. The lowest BCUT2D eigenvalue weighted by molar-refractivity contribution is 0.379. The van der Waals surface area contributed by atoms with Crippen molar-refractivity contribution in [1.82, 2.24) is 5.16 Å². The van der Waals surface area contributed by atoms with Crippen LogP contribution in [0.2, 0.25) is 0 Å². The van der Waals surface area contributed by atoms with Gasteiger partial charge in [0.1, 0.15) is 5.76 Å². The Hall–Kier alpha value is -0.790. The highest BCUT2D eigenvalue weighted by atomic mass is 16.5. The third-order valence-electron chi connectivity index (χ3n) is 1.77. The lowest BCUT2D eigenvalue weighted by Crippen LogP contribution is -1.81. The van der Waals surface area contributed by atoms with Crippen molar-refractivity contribution in [2.24, 2.45) is 0 Å². The van der Waals surface area contributed by atoms with E-state index in [9.17, 15) is 0 Å². The van der Waals surface area contributed by atoms with Gasteiger partial charge in [-0.3, -0.25) is 0 Å². The molecule has 0 fully saturated rings. The molecule has 1 heterocycles. The van der Waals surface area contributed by atoms with E-state index in [0.29, 0.717) is 0 Å². The molecule has 0 aliphatic heterocycles. The fraction of sp³-hybridized carbons (Fsp3) is 0.667. The zero-order valence-corrected chi connectivity index (χ0v) is 7.05. The second-order valence-corrected chi connectivity index (χ2v) is 2.79. The van der Waals surface area contributed by atoms with Gasteiger partial charge in [-0.1, -0.05) is 31.3 Å². The number of aryl methyl sites for hydroxylation is 1. The highest BCUT2D eigenvalue weighted by molar-refractivity contribution is 4.92. The van der Waals surface area contributed by atoms with Crippen LogP contribution >= 0.6 is 0 Å². The second kappa shape index (κ2) is 4.94. The highest BCUT2D eigenvalue weighted by Crippen LogP contribution is 2.06. The molecule has 62 valence electrons. The Kier molecular flexibility index (Phi) is 3.73. The first-order valence-electron chi connectivity index (χ1n) is 4.33. The fourth-order valence-electron chi connectivity index (χ4n) is 1.10. The molecular weight excluding hydrogens is 138 g/mol. The van der Waals surface area contributed by atoms with Gasteiger partial charge in [-0.2, -0.15) is 0 Å². The van der Waals surface area contributed by atoms with Crippen LogP contribution < -0.4 is 0 Å². The minimum Gasteiger partial charge on any atom is -0.361 e. The fourth-order valence-corrected chi connectivity index (χ4v) is 1.10. The van der Waals surface area contributed by atoms with Crippen LogP contribution in [0.1, 0.15) is 38.4 Å². The summed E-state index contributed by atoms with van der Waals surface area (Å²) < 4.78 is 4.96. The van der Waals surface area contributed by atoms with Gasteiger partial charge in [-0.15, -0.1) is 0 Å². The van der Waals surface area contributed by atoms with E-state index in [4.69, 9.17) is 4.52 Å². The summed E-state index contributed by atoms with van der Waals surface area (Å²) in [4.78, 5) is 0. The molecule has 1 aromatic rings. The first-order chi connectivity index (χ1) is 5.43. The van der Waals surface area contributed by atoms with E-state index in [1.165, 1.54) is 25.7 Å². The number of rotatable bonds is 5. The van der Waals surface area contributed by atoms with Crippen molar-refractivity contribution in [1.29, 1.82) is 0 Å². The summed E-state index contributed by atoms with van der Waals surface area (Å²) >= 11 is 0. The molecular formula is C9H15NO. The van der Waals surface area contributed by atoms with E-state index in [1.54, 1.807) is 6.20 Å². The minimum atomic E-state index is 1.01. The second-order valence-electron chi connectivity index (χ2n) is 2.79. The normalized spacial score (nSPS) is 10.3. The van der Waals surface area contributed by atoms with Gasteiger partial charge in [0, 0.05) is 12.5 Å². The van der Waals surface area contributed by atoms with E-state index >= 15 is 0 Å². The Morgan fingerprint density at radius 2 is 2.27 bits per heavy atom. The third kappa shape index (κ3) is 3.21. The summed E-state index contributed by atoms with van der Waals surface area (Å²) in [7, 11) is 0. The molecule has 2 nitrogen and oxygen atoms in total. The van der Waals surface area contributed by atoms with E-state index in [2.05, 4.69) is 12.1 Å². The minimum absolute atomic E-state index is 1.01. The zero-order valence-electron chi connectivity index (χ0n) is 7.05. The number of aromatic nitrogens is 1. The summed E-state index contributed by atoms with van der Waals surface area (Å²) in [5.74, 6) is 1.01. The van der Waals surface area contributed by atoms with Crippen LogP contribution in [-0.2, 0) is 6.42 Å². The van der Waals surface area contributed by atoms with E-state index in [0.717, 1.165) is 12.2 Å². The van der Waals surface area contributed by atoms with Crippen LogP contribution in [0.5, 0.6) is 0 Å². The predicted molar refractivity (Wildman–Crippen MR) is 44.3 cm³/mol. The van der Waals surface area contributed by atoms with Gasteiger partial charge in [-0.25, -0.2) is 0 Å². The molecule has 2 heteroatoms. The molecule has 1 aromatic heterocycles. The molecule has 0 radical (unpaired) electrons. The summed E-state index contributed by atoms with van der Waals surface area (Å²) in [6, 6.07) is 1.94. The maximum atomic E-state index is 4.96. The summed E-state index contributed by atoms with van der Waals surface area (Å²) in [6.07, 6.45) is 7.89. The summed E-state index contributed by atoms with van der Waals surface area (Å²) in [5, 5.41) is 3.65. The Bertz CT molecular complexity index is 170. The van der Waals surface area contributed by atoms with Crippen LogP contribution in [0.25, 0.3) is 0 Å². The maximum Gasteiger partial charge on any atom is 0.136 e. The molecule has 0 spiro atoms. The number of nitrogens with zero attached hydrogens (tertiary/aromatic N) is 1. The van der Waals surface area contributed by atoms with Gasteiger partial charge in [-0.05, 0) is 6.42 Å². The molecule has 0 saturated heterocycles. The third-order valence-corrected chi connectivity index (χ3v) is 1.77. The van der Waals surface area contributed by atoms with Gasteiger partial charge in [0.05, 0.1) is 6.20 Å². The lowest BCUT2D eigenvalue weighted by Gasteiger charge is -1.94. The molecule has 0 saturated carbocycles. The molecule has 0 aromatic carbocycles. The van der Waals surface area contributed by atoms with Crippen LogP contribution in [0.3, 0.4) is 0 Å². The van der Waals surface area contributed by atoms with E-state index in [1.807, 2.05) is 6.07 Å². The Morgan fingerprint density at radius 3 is 2.91 bits per heavy atom. The lowest BCUT2D eigenvalue weighted by atomic mass is 10.1. The number of unbranched alkanes of at least 4 members (excludes halogenated alkanes) is 3. The van der Waals surface area contributed by atoms with Gasteiger partial charge in [0.15, 0.2) is 0 Å². The van der Waals surface area contributed by atoms with Gasteiger partial charge < -0.3 is 4.52 Å².